The first-order valence-electron chi connectivity index (χ1n) is 10.3. The Balaban J connectivity index is 1.75. The highest BCUT2D eigenvalue weighted by molar-refractivity contribution is 7.99. The van der Waals surface area contributed by atoms with Gasteiger partial charge < -0.3 is 10.2 Å². The van der Waals surface area contributed by atoms with Crippen molar-refractivity contribution in [1.29, 1.82) is 0 Å². The van der Waals surface area contributed by atoms with Crippen LogP contribution in [0.5, 0.6) is 0 Å². The molecular formula is C22H29F2N5OS. The molecule has 0 spiro atoms. The van der Waals surface area contributed by atoms with Crippen LogP contribution in [0, 0.1) is 25.5 Å². The van der Waals surface area contributed by atoms with Gasteiger partial charge in [-0.25, -0.2) is 18.7 Å². The van der Waals surface area contributed by atoms with Gasteiger partial charge in [-0.1, -0.05) is 11.8 Å². The number of nitrogens with one attached hydrogen (secondary N) is 1. The molecule has 168 valence electrons. The third-order valence-corrected chi connectivity index (χ3v) is 6.21. The molecular weight excluding hydrogens is 420 g/mol. The number of likely N-dealkylation sites (tertiary alicyclic amines) is 1. The van der Waals surface area contributed by atoms with Crippen molar-refractivity contribution in [1.82, 2.24) is 25.1 Å². The number of aryl methyl sites for hydroxylation is 2. The lowest BCUT2D eigenvalue weighted by Gasteiger charge is -2.24. The number of thioether (sulfide) groups is 1. The monoisotopic (exact) mass is 449 g/mol. The molecule has 1 aromatic carbocycles. The molecule has 6 nitrogen and oxygen atoms in total. The zero-order chi connectivity index (χ0) is 22.5. The van der Waals surface area contributed by atoms with Crippen LogP contribution in [-0.4, -0.2) is 70.7 Å². The highest BCUT2D eigenvalue weighted by Crippen LogP contribution is 2.33. The van der Waals surface area contributed by atoms with Crippen molar-refractivity contribution >= 4 is 17.7 Å². The second-order valence-electron chi connectivity index (χ2n) is 8.18. The van der Waals surface area contributed by atoms with E-state index in [2.05, 4.69) is 15.3 Å². The first-order chi connectivity index (χ1) is 14.7. The molecule has 2 heterocycles. The van der Waals surface area contributed by atoms with Crippen LogP contribution in [0.25, 0.3) is 0 Å². The van der Waals surface area contributed by atoms with E-state index in [1.54, 1.807) is 0 Å². The topological polar surface area (TPSA) is 61.4 Å². The second-order valence-corrected chi connectivity index (χ2v) is 9.45. The zero-order valence-corrected chi connectivity index (χ0v) is 19.2. The maximum Gasteiger partial charge on any atom is 0.237 e. The Labute approximate surface area is 186 Å². The second kappa shape index (κ2) is 10.5. The summed E-state index contributed by atoms with van der Waals surface area (Å²) >= 11 is 1.53. The van der Waals surface area contributed by atoms with E-state index in [1.165, 1.54) is 17.8 Å². The number of likely N-dealkylation sites (N-methyl/N-ethyl adjacent to an activating group) is 1. The highest BCUT2D eigenvalue weighted by atomic mass is 32.2. The molecule has 0 aliphatic carbocycles. The number of hydrogen-bond acceptors (Lipinski definition) is 6. The quantitative estimate of drug-likeness (QED) is 0.626. The predicted molar refractivity (Wildman–Crippen MR) is 118 cm³/mol. The molecule has 0 saturated carbocycles. The fraction of sp³-hybridized carbons (Fsp3) is 0.500. The van der Waals surface area contributed by atoms with Crippen molar-refractivity contribution < 1.29 is 13.6 Å². The smallest absolute Gasteiger partial charge is 0.237 e. The van der Waals surface area contributed by atoms with Crippen LogP contribution in [0.2, 0.25) is 0 Å². The van der Waals surface area contributed by atoms with Crippen LogP contribution in [0.4, 0.5) is 8.78 Å². The van der Waals surface area contributed by atoms with Gasteiger partial charge in [0.1, 0.15) is 11.6 Å². The third kappa shape index (κ3) is 6.69. The molecule has 1 fully saturated rings. The summed E-state index contributed by atoms with van der Waals surface area (Å²) < 4.78 is 27.9. The normalized spacial score (nSPS) is 19.2. The number of hydrogen-bond donors (Lipinski definition) is 1. The van der Waals surface area contributed by atoms with Gasteiger partial charge in [-0.05, 0) is 58.6 Å². The van der Waals surface area contributed by atoms with Crippen molar-refractivity contribution in [3.05, 3.63) is 52.9 Å². The average Bonchev–Trinajstić information content (AvgIpc) is 3.05. The number of aromatic nitrogens is 2. The van der Waals surface area contributed by atoms with E-state index in [9.17, 15) is 13.6 Å². The van der Waals surface area contributed by atoms with Gasteiger partial charge in [-0.15, -0.1) is 0 Å². The van der Waals surface area contributed by atoms with Gasteiger partial charge in [-0.2, -0.15) is 0 Å². The number of halogens is 2. The van der Waals surface area contributed by atoms with Gasteiger partial charge in [0.15, 0.2) is 5.16 Å². The van der Waals surface area contributed by atoms with Crippen molar-refractivity contribution in [3.8, 4) is 0 Å². The van der Waals surface area contributed by atoms with Crippen molar-refractivity contribution in [2.24, 2.45) is 0 Å². The van der Waals surface area contributed by atoms with Crippen LogP contribution < -0.4 is 5.32 Å². The minimum atomic E-state index is -0.489. The van der Waals surface area contributed by atoms with Gasteiger partial charge in [0, 0.05) is 48.4 Å². The van der Waals surface area contributed by atoms with Crippen LogP contribution in [0.15, 0.2) is 29.4 Å². The molecule has 0 radical (unpaired) electrons. The lowest BCUT2D eigenvalue weighted by molar-refractivity contribution is -0.125. The first-order valence-corrected chi connectivity index (χ1v) is 11.2. The number of rotatable bonds is 8. The largest absolute Gasteiger partial charge is 0.353 e. The van der Waals surface area contributed by atoms with Crippen molar-refractivity contribution in [2.75, 3.05) is 33.7 Å². The SMILES string of the molecule is Cc1cc(C)nc(S[C@@H]2C[C@@H](C(=O)NCCN(C)C)N(Cc3cc(F)ccc3F)C2)n1. The molecule has 31 heavy (non-hydrogen) atoms. The Kier molecular flexibility index (Phi) is 7.96. The molecule has 1 aromatic heterocycles. The molecule has 1 saturated heterocycles. The maximum absolute atomic E-state index is 14.3. The predicted octanol–water partition coefficient (Wildman–Crippen LogP) is 2.78. The van der Waals surface area contributed by atoms with Gasteiger partial charge in [0.05, 0.1) is 6.04 Å². The summed E-state index contributed by atoms with van der Waals surface area (Å²) in [5, 5.41) is 3.72. The first kappa shape index (κ1) is 23.6. The van der Waals surface area contributed by atoms with E-state index < -0.39 is 17.7 Å². The minimum absolute atomic E-state index is 0.0717. The molecule has 1 N–H and O–H groups in total. The van der Waals surface area contributed by atoms with Gasteiger partial charge >= 0.3 is 0 Å². The van der Waals surface area contributed by atoms with Crippen LogP contribution in [0.3, 0.4) is 0 Å². The number of benzene rings is 1. The number of nitrogens with zero attached hydrogens (tertiary/aromatic N) is 4. The highest BCUT2D eigenvalue weighted by Gasteiger charge is 2.38. The average molecular weight is 450 g/mol. The summed E-state index contributed by atoms with van der Waals surface area (Å²) in [5.41, 5.74) is 2.04. The molecule has 2 atom stereocenters. The fourth-order valence-corrected chi connectivity index (χ4v) is 4.93. The summed E-state index contributed by atoms with van der Waals surface area (Å²) in [5.74, 6) is -1.05. The van der Waals surface area contributed by atoms with E-state index in [0.717, 1.165) is 30.1 Å². The summed E-state index contributed by atoms with van der Waals surface area (Å²) in [6.45, 7) is 5.83. The van der Waals surface area contributed by atoms with Crippen LogP contribution in [-0.2, 0) is 11.3 Å². The fourth-order valence-electron chi connectivity index (χ4n) is 3.69. The van der Waals surface area contributed by atoms with Crippen LogP contribution in [0.1, 0.15) is 23.4 Å². The maximum atomic E-state index is 14.3. The molecule has 2 aromatic rings. The Hall–Kier alpha value is -2.10. The van der Waals surface area contributed by atoms with E-state index in [-0.39, 0.29) is 23.3 Å². The number of carbonyl (C=O) groups is 1. The Morgan fingerprint density at radius 3 is 2.61 bits per heavy atom. The Bertz CT molecular complexity index is 907. The number of amides is 1. The van der Waals surface area contributed by atoms with Crippen LogP contribution >= 0.6 is 11.8 Å². The molecule has 3 rings (SSSR count). The summed E-state index contributed by atoms with van der Waals surface area (Å²) in [4.78, 5) is 25.8. The Morgan fingerprint density at radius 1 is 1.23 bits per heavy atom. The number of carbonyl (C=O) groups excluding carboxylic acids is 1. The van der Waals surface area contributed by atoms with Gasteiger partial charge in [0.25, 0.3) is 0 Å². The molecule has 0 bridgehead atoms. The van der Waals surface area contributed by atoms with E-state index >= 15 is 0 Å². The lowest BCUT2D eigenvalue weighted by Crippen LogP contribution is -2.44. The van der Waals surface area contributed by atoms with E-state index in [1.807, 2.05) is 43.8 Å². The summed E-state index contributed by atoms with van der Waals surface area (Å²) in [6.07, 6.45) is 0.589. The molecule has 1 aliphatic heterocycles. The molecule has 0 unspecified atom stereocenters. The summed E-state index contributed by atoms with van der Waals surface area (Å²) in [7, 11) is 3.88. The molecule has 9 heteroatoms. The molecule has 1 aliphatic rings. The zero-order valence-electron chi connectivity index (χ0n) is 18.4. The van der Waals surface area contributed by atoms with Crippen molar-refractivity contribution in [2.45, 2.75) is 43.3 Å². The van der Waals surface area contributed by atoms with Gasteiger partial charge in [0.2, 0.25) is 5.91 Å². The van der Waals surface area contributed by atoms with E-state index in [4.69, 9.17) is 0 Å². The Morgan fingerprint density at radius 2 is 1.94 bits per heavy atom. The standard InChI is InChI=1S/C22H29F2N5OS/c1-14-9-15(2)27-22(26-14)31-18-11-20(21(30)25-7-8-28(3)4)29(13-18)12-16-10-17(23)5-6-19(16)24/h5-6,9-10,18,20H,7-8,11-13H2,1-4H3,(H,25,30)/t18-,20+/m1/s1. The third-order valence-electron chi connectivity index (χ3n) is 5.14. The van der Waals surface area contributed by atoms with E-state index in [0.29, 0.717) is 24.7 Å². The summed E-state index contributed by atoms with van der Waals surface area (Å²) in [6, 6.07) is 4.92. The van der Waals surface area contributed by atoms with Gasteiger partial charge in [-0.3, -0.25) is 9.69 Å². The van der Waals surface area contributed by atoms with Crippen molar-refractivity contribution in [3.63, 3.8) is 0 Å². The molecule has 1 amide bonds. The lowest BCUT2D eigenvalue weighted by atomic mass is 10.1. The minimum Gasteiger partial charge on any atom is -0.353 e.